The normalized spacial score (nSPS) is 18.3. The van der Waals surface area contributed by atoms with Gasteiger partial charge in [0.25, 0.3) is 5.91 Å². The summed E-state index contributed by atoms with van der Waals surface area (Å²) in [6.45, 7) is 2.79. The van der Waals surface area contributed by atoms with Gasteiger partial charge in [-0.05, 0) is 31.2 Å². The zero-order valence-corrected chi connectivity index (χ0v) is 10.4. The minimum Gasteiger partial charge on any atom is -0.384 e. The Labute approximate surface area is 106 Å². The third kappa shape index (κ3) is 1.79. The van der Waals surface area contributed by atoms with Gasteiger partial charge in [0.15, 0.2) is 0 Å². The molecule has 0 aromatic carbocycles. The van der Waals surface area contributed by atoms with E-state index in [2.05, 4.69) is 15.2 Å². The van der Waals surface area contributed by atoms with Crippen LogP contribution in [-0.2, 0) is 6.42 Å². The lowest BCUT2D eigenvalue weighted by atomic mass is 10.1. The molecule has 0 spiro atoms. The van der Waals surface area contributed by atoms with Crippen molar-refractivity contribution in [2.75, 3.05) is 29.9 Å². The van der Waals surface area contributed by atoms with Crippen molar-refractivity contribution in [2.24, 2.45) is 5.73 Å². The molecule has 2 aliphatic rings. The highest BCUT2D eigenvalue weighted by molar-refractivity contribution is 6.04. The Bertz CT molecular complexity index is 480. The number of piperidine rings is 1. The molecule has 3 rings (SSSR count). The van der Waals surface area contributed by atoms with E-state index in [4.69, 9.17) is 5.73 Å². The molecule has 0 bridgehead atoms. The van der Waals surface area contributed by atoms with Gasteiger partial charge in [-0.3, -0.25) is 4.79 Å². The number of anilines is 2. The summed E-state index contributed by atoms with van der Waals surface area (Å²) >= 11 is 0. The second-order valence-electron chi connectivity index (χ2n) is 4.95. The maximum atomic E-state index is 11.7. The number of fused-ring (bicyclic) bond motifs is 1. The zero-order chi connectivity index (χ0) is 12.5. The summed E-state index contributed by atoms with van der Waals surface area (Å²) in [7, 11) is 0. The van der Waals surface area contributed by atoms with Crippen LogP contribution in [0.25, 0.3) is 0 Å². The Morgan fingerprint density at radius 2 is 2.11 bits per heavy atom. The fraction of sp³-hybridized carbons (Fsp3) is 0.538. The van der Waals surface area contributed by atoms with Gasteiger partial charge in [-0.25, -0.2) is 4.98 Å². The lowest BCUT2D eigenvalue weighted by Crippen LogP contribution is -2.32. The number of hydrogen-bond donors (Lipinski definition) is 2. The highest BCUT2D eigenvalue weighted by atomic mass is 16.1. The predicted octanol–water partition coefficient (Wildman–Crippen LogP) is 1.14. The van der Waals surface area contributed by atoms with Gasteiger partial charge >= 0.3 is 0 Å². The summed E-state index contributed by atoms with van der Waals surface area (Å²) < 4.78 is 0. The van der Waals surface area contributed by atoms with E-state index in [1.165, 1.54) is 6.42 Å². The van der Waals surface area contributed by atoms with E-state index < -0.39 is 0 Å². The molecule has 0 aliphatic carbocycles. The monoisotopic (exact) mass is 246 g/mol. The Morgan fingerprint density at radius 1 is 1.33 bits per heavy atom. The van der Waals surface area contributed by atoms with E-state index in [0.717, 1.165) is 56.0 Å². The smallest absolute Gasteiger partial charge is 0.254 e. The first kappa shape index (κ1) is 11.3. The topological polar surface area (TPSA) is 71.2 Å². The average Bonchev–Trinajstić information content (AvgIpc) is 2.86. The van der Waals surface area contributed by atoms with Crippen LogP contribution in [0.4, 0.5) is 11.5 Å². The number of amides is 1. The Hall–Kier alpha value is -1.78. The largest absolute Gasteiger partial charge is 0.384 e. The standard InChI is InChI=1S/C13H18N4O/c14-12(18)10-11-9(4-5-15-11)8-16-13(10)17-6-2-1-3-7-17/h8,15H,1-7H2,(H2,14,18). The lowest BCUT2D eigenvalue weighted by Gasteiger charge is -2.29. The lowest BCUT2D eigenvalue weighted by molar-refractivity contribution is 0.100. The van der Waals surface area contributed by atoms with Crippen LogP contribution in [0, 0.1) is 0 Å². The van der Waals surface area contributed by atoms with E-state index in [0.29, 0.717) is 5.56 Å². The molecule has 5 nitrogen and oxygen atoms in total. The Balaban J connectivity index is 2.05. The minimum atomic E-state index is -0.380. The van der Waals surface area contributed by atoms with Crippen molar-refractivity contribution in [2.45, 2.75) is 25.7 Å². The number of aromatic nitrogens is 1. The Morgan fingerprint density at radius 3 is 2.83 bits per heavy atom. The number of nitrogens with zero attached hydrogens (tertiary/aromatic N) is 2. The number of nitrogens with one attached hydrogen (secondary N) is 1. The number of carbonyl (C=O) groups is 1. The average molecular weight is 246 g/mol. The second kappa shape index (κ2) is 4.48. The van der Waals surface area contributed by atoms with Gasteiger partial charge in [0.05, 0.1) is 5.69 Å². The van der Waals surface area contributed by atoms with Gasteiger partial charge in [0, 0.05) is 25.8 Å². The molecule has 1 saturated heterocycles. The molecule has 1 aromatic rings. The highest BCUT2D eigenvalue weighted by Gasteiger charge is 2.25. The van der Waals surface area contributed by atoms with Gasteiger partial charge in [-0.2, -0.15) is 0 Å². The van der Waals surface area contributed by atoms with E-state index >= 15 is 0 Å². The molecular formula is C13H18N4O. The first-order chi connectivity index (χ1) is 8.77. The Kier molecular flexibility index (Phi) is 2.81. The van der Waals surface area contributed by atoms with Crippen molar-refractivity contribution in [1.29, 1.82) is 0 Å². The van der Waals surface area contributed by atoms with E-state index in [1.54, 1.807) is 0 Å². The summed E-state index contributed by atoms with van der Waals surface area (Å²) in [5.74, 6) is 0.379. The van der Waals surface area contributed by atoms with Crippen LogP contribution in [-0.4, -0.2) is 30.5 Å². The van der Waals surface area contributed by atoms with Gasteiger partial charge in [-0.15, -0.1) is 0 Å². The van der Waals surface area contributed by atoms with Crippen LogP contribution < -0.4 is 16.0 Å². The molecule has 5 heteroatoms. The molecule has 96 valence electrons. The van der Waals surface area contributed by atoms with Gasteiger partial charge in [0.1, 0.15) is 11.4 Å². The summed E-state index contributed by atoms with van der Waals surface area (Å²) in [6.07, 6.45) is 6.37. The van der Waals surface area contributed by atoms with Crippen LogP contribution in [0.5, 0.6) is 0 Å². The van der Waals surface area contributed by atoms with Crippen LogP contribution in [0.15, 0.2) is 6.20 Å². The molecule has 3 heterocycles. The SMILES string of the molecule is NC(=O)c1c(N2CCCCC2)ncc2c1NCC2. The fourth-order valence-electron chi connectivity index (χ4n) is 2.83. The van der Waals surface area contributed by atoms with Crippen LogP contribution in [0.2, 0.25) is 0 Å². The molecule has 1 fully saturated rings. The molecule has 1 aromatic heterocycles. The predicted molar refractivity (Wildman–Crippen MR) is 71.0 cm³/mol. The van der Waals surface area contributed by atoms with Crippen molar-refractivity contribution < 1.29 is 4.79 Å². The highest BCUT2D eigenvalue weighted by Crippen LogP contribution is 2.32. The molecule has 18 heavy (non-hydrogen) atoms. The number of carbonyl (C=O) groups excluding carboxylic acids is 1. The summed E-state index contributed by atoms with van der Waals surface area (Å²) in [5.41, 5.74) is 8.13. The van der Waals surface area contributed by atoms with Gasteiger partial charge in [-0.1, -0.05) is 0 Å². The molecule has 0 atom stereocenters. The van der Waals surface area contributed by atoms with E-state index in [1.807, 2.05) is 6.20 Å². The molecule has 0 saturated carbocycles. The van der Waals surface area contributed by atoms with Gasteiger partial charge < -0.3 is 16.0 Å². The molecule has 1 amide bonds. The molecule has 2 aliphatic heterocycles. The van der Waals surface area contributed by atoms with Crippen molar-refractivity contribution in [3.63, 3.8) is 0 Å². The minimum absolute atomic E-state index is 0.380. The van der Waals surface area contributed by atoms with E-state index in [9.17, 15) is 4.79 Å². The summed E-state index contributed by atoms with van der Waals surface area (Å²) in [5, 5.41) is 3.26. The molecular weight excluding hydrogens is 228 g/mol. The van der Waals surface area contributed by atoms with Gasteiger partial charge in [0.2, 0.25) is 0 Å². The van der Waals surface area contributed by atoms with Crippen molar-refractivity contribution >= 4 is 17.4 Å². The fourth-order valence-corrected chi connectivity index (χ4v) is 2.83. The maximum absolute atomic E-state index is 11.7. The third-order valence-electron chi connectivity index (χ3n) is 3.74. The third-order valence-corrected chi connectivity index (χ3v) is 3.74. The maximum Gasteiger partial charge on any atom is 0.254 e. The second-order valence-corrected chi connectivity index (χ2v) is 4.95. The van der Waals surface area contributed by atoms with Crippen LogP contribution >= 0.6 is 0 Å². The van der Waals surface area contributed by atoms with Crippen molar-refractivity contribution in [3.05, 3.63) is 17.3 Å². The van der Waals surface area contributed by atoms with Crippen LogP contribution in [0.3, 0.4) is 0 Å². The first-order valence-corrected chi connectivity index (χ1v) is 6.58. The van der Waals surface area contributed by atoms with E-state index in [-0.39, 0.29) is 5.91 Å². The molecule has 0 unspecified atom stereocenters. The zero-order valence-electron chi connectivity index (χ0n) is 10.4. The quantitative estimate of drug-likeness (QED) is 0.821. The first-order valence-electron chi connectivity index (χ1n) is 6.58. The molecule has 3 N–H and O–H groups in total. The number of rotatable bonds is 2. The number of hydrogen-bond acceptors (Lipinski definition) is 4. The number of pyridine rings is 1. The van der Waals surface area contributed by atoms with Crippen LogP contribution in [0.1, 0.15) is 35.2 Å². The number of nitrogens with two attached hydrogens (primary N) is 1. The van der Waals surface area contributed by atoms with Crippen molar-refractivity contribution in [1.82, 2.24) is 4.98 Å². The summed E-state index contributed by atoms with van der Waals surface area (Å²) in [6, 6.07) is 0. The summed E-state index contributed by atoms with van der Waals surface area (Å²) in [4.78, 5) is 18.4. The van der Waals surface area contributed by atoms with Crippen molar-refractivity contribution in [3.8, 4) is 0 Å². The number of primary amides is 1. The molecule has 0 radical (unpaired) electrons.